The molecule has 1 aliphatic rings. The molecule has 1 aliphatic heterocycles. The van der Waals surface area contributed by atoms with Gasteiger partial charge in [0.15, 0.2) is 0 Å². The molecule has 2 rings (SSSR count). The van der Waals surface area contributed by atoms with Crippen molar-refractivity contribution in [2.24, 2.45) is 0 Å². The predicted molar refractivity (Wildman–Crippen MR) is 63.7 cm³/mol. The lowest BCUT2D eigenvalue weighted by Gasteiger charge is -2.32. The molecule has 1 aromatic rings. The van der Waals surface area contributed by atoms with E-state index in [2.05, 4.69) is 22.1 Å². The second kappa shape index (κ2) is 5.32. The molecule has 5 heteroatoms. The molecule has 1 saturated heterocycles. The van der Waals surface area contributed by atoms with Crippen LogP contribution in [0.15, 0.2) is 16.8 Å². The number of hydrogen-bond acceptors (Lipinski definition) is 4. The summed E-state index contributed by atoms with van der Waals surface area (Å²) < 4.78 is 5.01. The Morgan fingerprint density at radius 1 is 1.75 bits per heavy atom. The van der Waals surface area contributed by atoms with E-state index in [0.29, 0.717) is 13.2 Å². The summed E-state index contributed by atoms with van der Waals surface area (Å²) in [6.07, 6.45) is -0.204. The van der Waals surface area contributed by atoms with Crippen molar-refractivity contribution in [3.63, 3.8) is 0 Å². The van der Waals surface area contributed by atoms with Gasteiger partial charge in [0.25, 0.3) is 0 Å². The molecule has 1 aromatic heterocycles. The van der Waals surface area contributed by atoms with E-state index in [0.717, 1.165) is 13.1 Å². The van der Waals surface area contributed by atoms with Crippen LogP contribution in [0.25, 0.3) is 0 Å². The highest BCUT2D eigenvalue weighted by Crippen LogP contribution is 2.20. The second-order valence-corrected chi connectivity index (χ2v) is 4.49. The van der Waals surface area contributed by atoms with E-state index in [-0.39, 0.29) is 12.1 Å². The Morgan fingerprint density at radius 3 is 3.31 bits per heavy atom. The molecule has 1 amide bonds. The van der Waals surface area contributed by atoms with E-state index in [1.807, 2.05) is 6.92 Å². The molecule has 0 spiro atoms. The molecule has 1 unspecified atom stereocenters. The van der Waals surface area contributed by atoms with Crippen LogP contribution in [0.4, 0.5) is 4.79 Å². The first kappa shape index (κ1) is 11.4. The Kier molecular flexibility index (Phi) is 3.79. The van der Waals surface area contributed by atoms with Crippen molar-refractivity contribution < 1.29 is 9.53 Å². The molecule has 88 valence electrons. The average molecular weight is 240 g/mol. The van der Waals surface area contributed by atoms with Crippen LogP contribution >= 0.6 is 11.3 Å². The number of piperazine rings is 1. The minimum atomic E-state index is -0.204. The van der Waals surface area contributed by atoms with Gasteiger partial charge in [0.05, 0.1) is 12.6 Å². The molecule has 2 heterocycles. The Labute approximate surface area is 99.2 Å². The number of amides is 1. The van der Waals surface area contributed by atoms with E-state index < -0.39 is 0 Å². The molecule has 1 atom stereocenters. The number of carbonyl (C=O) groups is 1. The van der Waals surface area contributed by atoms with Crippen molar-refractivity contribution in [1.29, 1.82) is 0 Å². The third kappa shape index (κ3) is 2.54. The lowest BCUT2D eigenvalue weighted by atomic mass is 10.1. The first-order valence-corrected chi connectivity index (χ1v) is 6.42. The maximum absolute atomic E-state index is 11.6. The van der Waals surface area contributed by atoms with Gasteiger partial charge in [0.1, 0.15) is 0 Å². The molecule has 0 aliphatic carbocycles. The second-order valence-electron chi connectivity index (χ2n) is 3.71. The third-order valence-electron chi connectivity index (χ3n) is 2.65. The molecule has 1 N–H and O–H groups in total. The quantitative estimate of drug-likeness (QED) is 0.857. The van der Waals surface area contributed by atoms with Gasteiger partial charge >= 0.3 is 6.09 Å². The predicted octanol–water partition coefficient (Wildman–Crippen LogP) is 1.85. The molecular formula is C11H16N2O2S. The van der Waals surface area contributed by atoms with Gasteiger partial charge in [-0.05, 0) is 29.3 Å². The fourth-order valence-corrected chi connectivity index (χ4v) is 2.54. The summed E-state index contributed by atoms with van der Waals surface area (Å²) in [7, 11) is 0. The number of nitrogens with one attached hydrogen (secondary N) is 1. The number of ether oxygens (including phenoxy) is 1. The lowest BCUT2D eigenvalue weighted by Crippen LogP contribution is -2.48. The van der Waals surface area contributed by atoms with Crippen molar-refractivity contribution >= 4 is 17.4 Å². The Balaban J connectivity index is 1.96. The highest BCUT2D eigenvalue weighted by molar-refractivity contribution is 7.07. The van der Waals surface area contributed by atoms with Crippen LogP contribution in [0.1, 0.15) is 18.5 Å². The molecule has 0 saturated carbocycles. The molecule has 0 aromatic carbocycles. The third-order valence-corrected chi connectivity index (χ3v) is 3.35. The van der Waals surface area contributed by atoms with Crippen molar-refractivity contribution in [3.8, 4) is 0 Å². The smallest absolute Gasteiger partial charge is 0.409 e. The lowest BCUT2D eigenvalue weighted by molar-refractivity contribution is 0.0948. The van der Waals surface area contributed by atoms with Crippen LogP contribution in [0, 0.1) is 0 Å². The standard InChI is InChI=1S/C11H16N2O2S/c1-2-15-11(14)13-5-4-12-10(7-13)9-3-6-16-8-9/h3,6,8,10,12H,2,4-5,7H2,1H3. The number of nitrogens with zero attached hydrogens (tertiary/aromatic N) is 1. The monoisotopic (exact) mass is 240 g/mol. The zero-order valence-corrected chi connectivity index (χ0v) is 10.1. The summed E-state index contributed by atoms with van der Waals surface area (Å²) in [6.45, 7) is 4.50. The van der Waals surface area contributed by atoms with E-state index in [1.54, 1.807) is 16.2 Å². The fraction of sp³-hybridized carbons (Fsp3) is 0.545. The van der Waals surface area contributed by atoms with Crippen molar-refractivity contribution in [2.75, 3.05) is 26.2 Å². The topological polar surface area (TPSA) is 41.6 Å². The van der Waals surface area contributed by atoms with Gasteiger partial charge in [-0.3, -0.25) is 0 Å². The van der Waals surface area contributed by atoms with Gasteiger partial charge in [0.2, 0.25) is 0 Å². The highest BCUT2D eigenvalue weighted by Gasteiger charge is 2.24. The van der Waals surface area contributed by atoms with Crippen LogP contribution < -0.4 is 5.32 Å². The number of hydrogen-bond donors (Lipinski definition) is 1. The van der Waals surface area contributed by atoms with Crippen LogP contribution in [-0.4, -0.2) is 37.2 Å². The van der Waals surface area contributed by atoms with Gasteiger partial charge in [0, 0.05) is 19.6 Å². The van der Waals surface area contributed by atoms with Gasteiger partial charge in [-0.2, -0.15) is 11.3 Å². The first-order valence-electron chi connectivity index (χ1n) is 5.48. The average Bonchev–Trinajstić information content (AvgIpc) is 2.83. The van der Waals surface area contributed by atoms with Gasteiger partial charge in [-0.25, -0.2) is 4.79 Å². The molecule has 4 nitrogen and oxygen atoms in total. The Hall–Kier alpha value is -1.07. The molecule has 0 bridgehead atoms. The molecular weight excluding hydrogens is 224 g/mol. The highest BCUT2D eigenvalue weighted by atomic mass is 32.1. The van der Waals surface area contributed by atoms with Gasteiger partial charge in [-0.1, -0.05) is 0 Å². The molecule has 1 fully saturated rings. The summed E-state index contributed by atoms with van der Waals surface area (Å²) in [5.41, 5.74) is 1.25. The van der Waals surface area contributed by atoms with Crippen LogP contribution in [0.5, 0.6) is 0 Å². The summed E-state index contributed by atoms with van der Waals surface area (Å²) in [5.74, 6) is 0. The van der Waals surface area contributed by atoms with E-state index >= 15 is 0 Å². The maximum Gasteiger partial charge on any atom is 0.409 e. The number of thiophene rings is 1. The minimum Gasteiger partial charge on any atom is -0.450 e. The van der Waals surface area contributed by atoms with Crippen LogP contribution in [0.3, 0.4) is 0 Å². The Morgan fingerprint density at radius 2 is 2.62 bits per heavy atom. The van der Waals surface area contributed by atoms with E-state index in [1.165, 1.54) is 5.56 Å². The van der Waals surface area contributed by atoms with E-state index in [9.17, 15) is 4.79 Å². The summed E-state index contributed by atoms with van der Waals surface area (Å²) in [4.78, 5) is 13.4. The number of carbonyl (C=O) groups excluding carboxylic acids is 1. The first-order chi connectivity index (χ1) is 7.81. The molecule has 16 heavy (non-hydrogen) atoms. The normalized spacial score (nSPS) is 20.8. The SMILES string of the molecule is CCOC(=O)N1CCNC(c2ccsc2)C1. The molecule has 0 radical (unpaired) electrons. The maximum atomic E-state index is 11.6. The summed E-state index contributed by atoms with van der Waals surface area (Å²) in [6, 6.07) is 2.33. The number of rotatable bonds is 2. The van der Waals surface area contributed by atoms with Gasteiger partial charge in [-0.15, -0.1) is 0 Å². The van der Waals surface area contributed by atoms with Crippen molar-refractivity contribution in [1.82, 2.24) is 10.2 Å². The van der Waals surface area contributed by atoms with Crippen LogP contribution in [-0.2, 0) is 4.74 Å². The van der Waals surface area contributed by atoms with Gasteiger partial charge < -0.3 is 15.0 Å². The van der Waals surface area contributed by atoms with Crippen molar-refractivity contribution in [3.05, 3.63) is 22.4 Å². The minimum absolute atomic E-state index is 0.204. The fourth-order valence-electron chi connectivity index (χ4n) is 1.83. The van der Waals surface area contributed by atoms with Crippen molar-refractivity contribution in [2.45, 2.75) is 13.0 Å². The van der Waals surface area contributed by atoms with E-state index in [4.69, 9.17) is 4.74 Å². The Bertz CT molecular complexity index is 340. The largest absolute Gasteiger partial charge is 0.450 e. The zero-order chi connectivity index (χ0) is 11.4. The summed E-state index contributed by atoms with van der Waals surface area (Å²) in [5, 5.41) is 7.58. The zero-order valence-electron chi connectivity index (χ0n) is 9.31. The van der Waals surface area contributed by atoms with Crippen LogP contribution in [0.2, 0.25) is 0 Å². The summed E-state index contributed by atoms with van der Waals surface area (Å²) >= 11 is 1.68.